The average Bonchev–Trinajstić information content (AvgIpc) is 2.74. The molecule has 1 aliphatic rings. The van der Waals surface area contributed by atoms with Crippen molar-refractivity contribution in [2.45, 2.75) is 31.8 Å². The van der Waals surface area contributed by atoms with E-state index in [1.807, 2.05) is 0 Å². The van der Waals surface area contributed by atoms with Crippen LogP contribution >= 0.6 is 0 Å². The third-order valence-corrected chi connectivity index (χ3v) is 2.82. The normalized spacial score (nSPS) is 19.9. The van der Waals surface area contributed by atoms with Gasteiger partial charge >= 0.3 is 0 Å². The van der Waals surface area contributed by atoms with Crippen LogP contribution in [0.4, 0.5) is 0 Å². The lowest BCUT2D eigenvalue weighted by Crippen LogP contribution is -2.14. The zero-order chi connectivity index (χ0) is 11.4. The predicted molar refractivity (Wildman–Crippen MR) is 60.4 cm³/mol. The summed E-state index contributed by atoms with van der Waals surface area (Å²) < 4.78 is 5.42. The van der Waals surface area contributed by atoms with Gasteiger partial charge in [0.2, 0.25) is 0 Å². The largest absolute Gasteiger partial charge is 0.508 e. The van der Waals surface area contributed by atoms with Gasteiger partial charge in [-0.25, -0.2) is 0 Å². The van der Waals surface area contributed by atoms with Crippen molar-refractivity contribution in [2.75, 3.05) is 6.61 Å². The van der Waals surface area contributed by atoms with Gasteiger partial charge in [-0.1, -0.05) is 12.1 Å². The molecule has 16 heavy (non-hydrogen) atoms. The Morgan fingerprint density at radius 2 is 2.12 bits per heavy atom. The van der Waals surface area contributed by atoms with E-state index in [0.29, 0.717) is 12.8 Å². The molecule has 3 heteroatoms. The number of aromatic hydroxyl groups is 1. The third kappa shape index (κ3) is 3.07. The Labute approximate surface area is 95.0 Å². The van der Waals surface area contributed by atoms with Gasteiger partial charge in [0.15, 0.2) is 0 Å². The second-order valence-electron chi connectivity index (χ2n) is 4.22. The van der Waals surface area contributed by atoms with E-state index in [1.165, 1.54) is 0 Å². The lowest BCUT2D eigenvalue weighted by molar-refractivity contribution is -0.120. The highest BCUT2D eigenvalue weighted by Crippen LogP contribution is 2.17. The summed E-state index contributed by atoms with van der Waals surface area (Å²) >= 11 is 0. The summed E-state index contributed by atoms with van der Waals surface area (Å²) in [6.07, 6.45) is 3.14. The van der Waals surface area contributed by atoms with E-state index in [0.717, 1.165) is 25.0 Å². The Bertz CT molecular complexity index is 350. The molecule has 1 fully saturated rings. The zero-order valence-electron chi connectivity index (χ0n) is 9.19. The van der Waals surface area contributed by atoms with Crippen LogP contribution in [0.25, 0.3) is 0 Å². The highest BCUT2D eigenvalue weighted by molar-refractivity contribution is 5.81. The molecule has 0 saturated carbocycles. The Hall–Kier alpha value is -1.35. The minimum absolute atomic E-state index is 0.129. The lowest BCUT2D eigenvalue weighted by atomic mass is 10.0. The van der Waals surface area contributed by atoms with Crippen molar-refractivity contribution in [2.24, 2.45) is 0 Å². The highest BCUT2D eigenvalue weighted by Gasteiger charge is 2.18. The molecule has 1 heterocycles. The number of phenolic OH excluding ortho intramolecular Hbond substituents is 1. The fourth-order valence-electron chi connectivity index (χ4n) is 1.97. The van der Waals surface area contributed by atoms with Gasteiger partial charge in [-0.15, -0.1) is 0 Å². The molecule has 1 aromatic carbocycles. The molecule has 86 valence electrons. The molecule has 0 amide bonds. The van der Waals surface area contributed by atoms with Gasteiger partial charge in [0.05, 0.1) is 6.10 Å². The van der Waals surface area contributed by atoms with Crippen molar-refractivity contribution in [3.63, 3.8) is 0 Å². The Morgan fingerprint density at radius 3 is 2.75 bits per heavy atom. The fourth-order valence-corrected chi connectivity index (χ4v) is 1.97. The van der Waals surface area contributed by atoms with Crippen molar-refractivity contribution >= 4 is 5.78 Å². The number of Topliss-reactive ketones (excluding diaryl/α,β-unsaturated/α-hetero) is 1. The number of carbonyl (C=O) groups excluding carboxylic acids is 1. The van der Waals surface area contributed by atoms with Crippen LogP contribution in [0, 0.1) is 0 Å². The number of rotatable bonds is 4. The zero-order valence-corrected chi connectivity index (χ0v) is 9.19. The number of benzene rings is 1. The second kappa shape index (κ2) is 5.12. The summed E-state index contributed by atoms with van der Waals surface area (Å²) in [5.74, 6) is 0.438. The number of hydrogen-bond acceptors (Lipinski definition) is 3. The summed E-state index contributed by atoms with van der Waals surface area (Å²) in [5, 5.41) is 9.12. The maximum absolute atomic E-state index is 11.7. The van der Waals surface area contributed by atoms with Gasteiger partial charge in [-0.05, 0) is 30.5 Å². The minimum atomic E-state index is 0.129. The number of phenols is 1. The average molecular weight is 220 g/mol. The van der Waals surface area contributed by atoms with E-state index < -0.39 is 0 Å². The molecule has 0 radical (unpaired) electrons. The van der Waals surface area contributed by atoms with Gasteiger partial charge < -0.3 is 9.84 Å². The van der Waals surface area contributed by atoms with Crippen molar-refractivity contribution in [3.05, 3.63) is 29.8 Å². The molecule has 0 spiro atoms. The number of hydrogen-bond donors (Lipinski definition) is 1. The lowest BCUT2D eigenvalue weighted by Gasteiger charge is -2.07. The summed E-state index contributed by atoms with van der Waals surface area (Å²) in [5.41, 5.74) is 0.945. The topological polar surface area (TPSA) is 46.5 Å². The van der Waals surface area contributed by atoms with Crippen LogP contribution in [-0.4, -0.2) is 23.6 Å². The highest BCUT2D eigenvalue weighted by atomic mass is 16.5. The third-order valence-electron chi connectivity index (χ3n) is 2.82. The molecular formula is C13H16O3. The SMILES string of the molecule is O=C(Cc1ccc(O)cc1)CC1CCCO1. The molecule has 1 atom stereocenters. The van der Waals surface area contributed by atoms with Crippen LogP contribution < -0.4 is 0 Å². The fraction of sp³-hybridized carbons (Fsp3) is 0.462. The van der Waals surface area contributed by atoms with Crippen molar-refractivity contribution in [1.29, 1.82) is 0 Å². The summed E-state index contributed by atoms with van der Waals surface area (Å²) in [6, 6.07) is 6.77. The Morgan fingerprint density at radius 1 is 1.38 bits per heavy atom. The monoisotopic (exact) mass is 220 g/mol. The van der Waals surface area contributed by atoms with Gasteiger partial charge in [0.25, 0.3) is 0 Å². The van der Waals surface area contributed by atoms with Gasteiger partial charge in [-0.2, -0.15) is 0 Å². The quantitative estimate of drug-likeness (QED) is 0.845. The van der Waals surface area contributed by atoms with E-state index in [4.69, 9.17) is 9.84 Å². The van der Waals surface area contributed by atoms with Crippen LogP contribution in [0.5, 0.6) is 5.75 Å². The molecule has 2 rings (SSSR count). The van der Waals surface area contributed by atoms with E-state index in [2.05, 4.69) is 0 Å². The number of ketones is 1. The molecule has 0 aliphatic carbocycles. The molecule has 1 unspecified atom stereocenters. The van der Waals surface area contributed by atoms with Crippen LogP contribution in [0.15, 0.2) is 24.3 Å². The minimum Gasteiger partial charge on any atom is -0.508 e. The second-order valence-corrected chi connectivity index (χ2v) is 4.22. The van der Waals surface area contributed by atoms with Crippen LogP contribution in [-0.2, 0) is 16.0 Å². The van der Waals surface area contributed by atoms with E-state index in [-0.39, 0.29) is 17.6 Å². The molecule has 0 bridgehead atoms. The van der Waals surface area contributed by atoms with E-state index in [9.17, 15) is 4.79 Å². The smallest absolute Gasteiger partial charge is 0.139 e. The molecule has 1 aromatic rings. The first-order chi connectivity index (χ1) is 7.74. The summed E-state index contributed by atoms with van der Waals surface area (Å²) in [7, 11) is 0. The molecule has 3 nitrogen and oxygen atoms in total. The number of ether oxygens (including phenoxy) is 1. The Kier molecular flexibility index (Phi) is 3.57. The van der Waals surface area contributed by atoms with Crippen molar-refractivity contribution in [1.82, 2.24) is 0 Å². The number of carbonyl (C=O) groups is 1. The molecule has 0 aromatic heterocycles. The van der Waals surface area contributed by atoms with Crippen LogP contribution in [0.2, 0.25) is 0 Å². The molecular weight excluding hydrogens is 204 g/mol. The summed E-state index contributed by atoms with van der Waals surface area (Å²) in [4.78, 5) is 11.7. The van der Waals surface area contributed by atoms with E-state index in [1.54, 1.807) is 24.3 Å². The van der Waals surface area contributed by atoms with Gasteiger partial charge in [-0.3, -0.25) is 4.79 Å². The standard InChI is InChI=1S/C13H16O3/c14-11-5-3-10(4-6-11)8-12(15)9-13-2-1-7-16-13/h3-6,13-14H,1-2,7-9H2. The molecule has 1 saturated heterocycles. The summed E-state index contributed by atoms with van der Waals surface area (Å²) in [6.45, 7) is 0.789. The first kappa shape index (κ1) is 11.1. The van der Waals surface area contributed by atoms with Crippen LogP contribution in [0.3, 0.4) is 0 Å². The van der Waals surface area contributed by atoms with Crippen LogP contribution in [0.1, 0.15) is 24.8 Å². The first-order valence-electron chi connectivity index (χ1n) is 5.65. The molecule has 1 aliphatic heterocycles. The molecule has 1 N–H and O–H groups in total. The maximum Gasteiger partial charge on any atom is 0.139 e. The Balaban J connectivity index is 1.84. The van der Waals surface area contributed by atoms with Crippen molar-refractivity contribution < 1.29 is 14.6 Å². The first-order valence-corrected chi connectivity index (χ1v) is 5.65. The predicted octanol–water partition coefficient (Wildman–Crippen LogP) is 2.07. The van der Waals surface area contributed by atoms with Gasteiger partial charge in [0.1, 0.15) is 11.5 Å². The van der Waals surface area contributed by atoms with Crippen molar-refractivity contribution in [3.8, 4) is 5.75 Å². The van der Waals surface area contributed by atoms with E-state index >= 15 is 0 Å². The van der Waals surface area contributed by atoms with Gasteiger partial charge in [0, 0.05) is 19.4 Å². The maximum atomic E-state index is 11.7.